The second-order valence-corrected chi connectivity index (χ2v) is 9.31. The van der Waals surface area contributed by atoms with Gasteiger partial charge in [-0.15, -0.1) is 0 Å². The van der Waals surface area contributed by atoms with Gasteiger partial charge < -0.3 is 14.8 Å². The lowest BCUT2D eigenvalue weighted by atomic mass is 10.0. The zero-order valence-corrected chi connectivity index (χ0v) is 19.7. The van der Waals surface area contributed by atoms with Gasteiger partial charge in [0.15, 0.2) is 11.5 Å². The van der Waals surface area contributed by atoms with E-state index in [-0.39, 0.29) is 19.0 Å². The summed E-state index contributed by atoms with van der Waals surface area (Å²) < 4.78 is 37.2. The van der Waals surface area contributed by atoms with Gasteiger partial charge in [-0.1, -0.05) is 38.1 Å². The third kappa shape index (κ3) is 6.89. The van der Waals surface area contributed by atoms with Crippen molar-refractivity contribution >= 4 is 21.6 Å². The van der Waals surface area contributed by atoms with Gasteiger partial charge in [0, 0.05) is 6.54 Å². The molecule has 1 N–H and O–H groups in total. The first-order chi connectivity index (χ1) is 14.7. The van der Waals surface area contributed by atoms with Crippen molar-refractivity contribution in [2.24, 2.45) is 0 Å². The smallest absolute Gasteiger partial charge is 0.241 e. The Balaban J connectivity index is 2.15. The zero-order valence-electron chi connectivity index (χ0n) is 18.8. The zero-order chi connectivity index (χ0) is 23.0. The Morgan fingerprint density at radius 2 is 1.68 bits per heavy atom. The quantitative estimate of drug-likeness (QED) is 0.567. The maximum atomic E-state index is 12.6. The second-order valence-electron chi connectivity index (χ2n) is 7.41. The Bertz CT molecular complexity index is 989. The molecule has 0 heterocycles. The summed E-state index contributed by atoms with van der Waals surface area (Å²) in [6, 6.07) is 12.7. The predicted octanol–water partition coefficient (Wildman–Crippen LogP) is 3.69. The lowest BCUT2D eigenvalue weighted by Crippen LogP contribution is -2.40. The fourth-order valence-corrected chi connectivity index (χ4v) is 4.05. The maximum Gasteiger partial charge on any atom is 0.241 e. The van der Waals surface area contributed by atoms with Crippen LogP contribution in [0.1, 0.15) is 44.7 Å². The Hall–Kier alpha value is -2.74. The Kier molecular flexibility index (Phi) is 8.74. The summed E-state index contributed by atoms with van der Waals surface area (Å²) in [5, 5.41) is 2.80. The van der Waals surface area contributed by atoms with E-state index in [2.05, 4.69) is 5.32 Å². The van der Waals surface area contributed by atoms with Gasteiger partial charge in [-0.3, -0.25) is 9.10 Å². The number of anilines is 1. The molecule has 0 bridgehead atoms. The fourth-order valence-electron chi connectivity index (χ4n) is 3.18. The molecular weight excluding hydrogens is 416 g/mol. The first-order valence-electron chi connectivity index (χ1n) is 10.4. The van der Waals surface area contributed by atoms with Crippen LogP contribution < -0.4 is 19.1 Å². The van der Waals surface area contributed by atoms with Crippen molar-refractivity contribution in [1.29, 1.82) is 0 Å². The van der Waals surface area contributed by atoms with Crippen LogP contribution in [0, 0.1) is 0 Å². The first-order valence-corrected chi connectivity index (χ1v) is 12.2. The van der Waals surface area contributed by atoms with Crippen molar-refractivity contribution in [2.75, 3.05) is 30.3 Å². The number of nitrogens with zero attached hydrogens (tertiary/aromatic N) is 1. The van der Waals surface area contributed by atoms with Gasteiger partial charge in [-0.05, 0) is 49.1 Å². The number of sulfonamides is 1. The minimum absolute atomic E-state index is 0.115. The highest BCUT2D eigenvalue weighted by molar-refractivity contribution is 7.92. The molecule has 2 aromatic carbocycles. The normalized spacial score (nSPS) is 11.3. The van der Waals surface area contributed by atoms with Gasteiger partial charge in [0.1, 0.15) is 6.54 Å². The van der Waals surface area contributed by atoms with E-state index in [1.165, 1.54) is 0 Å². The predicted molar refractivity (Wildman–Crippen MR) is 123 cm³/mol. The van der Waals surface area contributed by atoms with E-state index in [0.717, 1.165) is 21.7 Å². The second kappa shape index (κ2) is 11.0. The molecule has 8 heteroatoms. The molecule has 0 aliphatic rings. The summed E-state index contributed by atoms with van der Waals surface area (Å²) in [6.45, 7) is 8.73. The monoisotopic (exact) mass is 448 g/mol. The number of hydrogen-bond donors (Lipinski definition) is 1. The van der Waals surface area contributed by atoms with Gasteiger partial charge in [-0.2, -0.15) is 0 Å². The van der Waals surface area contributed by atoms with Crippen LogP contribution in [0.4, 0.5) is 5.69 Å². The average molecular weight is 449 g/mol. The van der Waals surface area contributed by atoms with E-state index in [9.17, 15) is 13.2 Å². The lowest BCUT2D eigenvalue weighted by Gasteiger charge is -2.25. The van der Waals surface area contributed by atoms with E-state index in [1.54, 1.807) is 18.2 Å². The first kappa shape index (κ1) is 24.5. The molecule has 2 aromatic rings. The van der Waals surface area contributed by atoms with Crippen molar-refractivity contribution < 1.29 is 22.7 Å². The van der Waals surface area contributed by atoms with E-state index in [1.807, 2.05) is 52.0 Å². The van der Waals surface area contributed by atoms with Gasteiger partial charge >= 0.3 is 0 Å². The number of carbonyl (C=O) groups excluding carboxylic acids is 1. The van der Waals surface area contributed by atoms with Crippen LogP contribution >= 0.6 is 0 Å². The van der Waals surface area contributed by atoms with Crippen molar-refractivity contribution in [3.8, 4) is 11.5 Å². The molecule has 0 radical (unpaired) electrons. The molecule has 2 rings (SSSR count). The summed E-state index contributed by atoms with van der Waals surface area (Å²) in [7, 11) is -3.64. The van der Waals surface area contributed by atoms with Crippen LogP contribution in [-0.4, -0.2) is 40.3 Å². The number of carbonyl (C=O) groups is 1. The van der Waals surface area contributed by atoms with E-state index in [4.69, 9.17) is 9.47 Å². The molecule has 0 aromatic heterocycles. The van der Waals surface area contributed by atoms with Gasteiger partial charge in [0.25, 0.3) is 0 Å². The van der Waals surface area contributed by atoms with Crippen molar-refractivity contribution in [3.63, 3.8) is 0 Å². The van der Waals surface area contributed by atoms with Crippen LogP contribution in [0.15, 0.2) is 42.5 Å². The molecular formula is C23H32N2O5S. The Labute approximate surface area is 185 Å². The highest BCUT2D eigenvalue weighted by Crippen LogP contribution is 2.30. The molecule has 31 heavy (non-hydrogen) atoms. The molecule has 0 saturated heterocycles. The summed E-state index contributed by atoms with van der Waals surface area (Å²) in [6.07, 6.45) is 1.11. The molecule has 0 aliphatic heterocycles. The molecule has 0 atom stereocenters. The number of hydrogen-bond acceptors (Lipinski definition) is 5. The van der Waals surface area contributed by atoms with Crippen LogP contribution in [-0.2, 0) is 21.4 Å². The summed E-state index contributed by atoms with van der Waals surface area (Å²) in [4.78, 5) is 12.6. The minimum Gasteiger partial charge on any atom is -0.490 e. The third-order valence-electron chi connectivity index (χ3n) is 4.61. The summed E-state index contributed by atoms with van der Waals surface area (Å²) >= 11 is 0. The molecule has 0 fully saturated rings. The SMILES string of the molecule is CCOc1ccc(CNC(=O)CN(c2ccccc2C(C)C)S(C)(=O)=O)cc1OCC. The number of rotatable bonds is 11. The highest BCUT2D eigenvalue weighted by Gasteiger charge is 2.23. The van der Waals surface area contributed by atoms with Crippen LogP contribution in [0.25, 0.3) is 0 Å². The van der Waals surface area contributed by atoms with Crippen LogP contribution in [0.5, 0.6) is 11.5 Å². The number of nitrogens with one attached hydrogen (secondary N) is 1. The number of amides is 1. The molecule has 0 saturated carbocycles. The van der Waals surface area contributed by atoms with Crippen LogP contribution in [0.2, 0.25) is 0 Å². The number of benzene rings is 2. The van der Waals surface area contributed by atoms with Gasteiger partial charge in [-0.25, -0.2) is 8.42 Å². The van der Waals surface area contributed by atoms with E-state index in [0.29, 0.717) is 30.4 Å². The Morgan fingerprint density at radius 3 is 2.29 bits per heavy atom. The summed E-state index contributed by atoms with van der Waals surface area (Å²) in [5.41, 5.74) is 2.22. The molecule has 170 valence electrons. The highest BCUT2D eigenvalue weighted by atomic mass is 32.2. The molecule has 0 spiro atoms. The van der Waals surface area contributed by atoms with E-state index < -0.39 is 15.9 Å². The maximum absolute atomic E-state index is 12.6. The average Bonchev–Trinajstić information content (AvgIpc) is 2.71. The van der Waals surface area contributed by atoms with Crippen molar-refractivity contribution in [1.82, 2.24) is 5.32 Å². The van der Waals surface area contributed by atoms with Crippen molar-refractivity contribution in [3.05, 3.63) is 53.6 Å². The van der Waals surface area contributed by atoms with Crippen LogP contribution in [0.3, 0.4) is 0 Å². The molecule has 7 nitrogen and oxygen atoms in total. The number of ether oxygens (including phenoxy) is 2. The standard InChI is InChI=1S/C23H32N2O5S/c1-6-29-21-13-12-18(14-22(21)30-7-2)15-24-23(26)16-25(31(5,27)28)20-11-9-8-10-19(20)17(3)4/h8-14,17H,6-7,15-16H2,1-5H3,(H,24,26). The molecule has 0 unspecified atom stereocenters. The molecule has 1 amide bonds. The minimum atomic E-state index is -3.64. The topological polar surface area (TPSA) is 84.9 Å². The number of para-hydroxylation sites is 1. The summed E-state index contributed by atoms with van der Waals surface area (Å²) in [5.74, 6) is 0.980. The molecule has 0 aliphatic carbocycles. The van der Waals surface area contributed by atoms with Crippen molar-refractivity contribution in [2.45, 2.75) is 40.2 Å². The largest absolute Gasteiger partial charge is 0.490 e. The fraction of sp³-hybridized carbons (Fsp3) is 0.435. The third-order valence-corrected chi connectivity index (χ3v) is 5.74. The van der Waals surface area contributed by atoms with Gasteiger partial charge in [0.2, 0.25) is 15.9 Å². The van der Waals surface area contributed by atoms with E-state index >= 15 is 0 Å². The lowest BCUT2D eigenvalue weighted by molar-refractivity contribution is -0.119. The Morgan fingerprint density at radius 1 is 1.03 bits per heavy atom. The van der Waals surface area contributed by atoms with Gasteiger partial charge in [0.05, 0.1) is 25.2 Å².